The molecule has 36 heavy (non-hydrogen) atoms. The Morgan fingerprint density at radius 2 is 1.69 bits per heavy atom. The van der Waals surface area contributed by atoms with E-state index in [1.165, 1.54) is 69.1 Å². The first-order valence-electron chi connectivity index (χ1n) is 14.9. The maximum atomic E-state index is 5.06. The molecule has 2 aliphatic heterocycles. The molecule has 4 aliphatic carbocycles. The van der Waals surface area contributed by atoms with Crippen molar-refractivity contribution in [3.63, 3.8) is 0 Å². The highest BCUT2D eigenvalue weighted by atomic mass is 15.1. The Bertz CT molecular complexity index is 1140. The summed E-state index contributed by atoms with van der Waals surface area (Å²) >= 11 is 0. The molecule has 0 radical (unpaired) electrons. The van der Waals surface area contributed by atoms with Crippen molar-refractivity contribution in [3.05, 3.63) is 83.2 Å². The zero-order chi connectivity index (χ0) is 25.3. The summed E-state index contributed by atoms with van der Waals surface area (Å²) < 4.78 is 0. The van der Waals surface area contributed by atoms with Crippen LogP contribution in [-0.4, -0.2) is 5.54 Å². The molecule has 6 rings (SSSR count). The second kappa shape index (κ2) is 8.24. The van der Waals surface area contributed by atoms with E-state index in [2.05, 4.69) is 76.0 Å². The third-order valence-corrected chi connectivity index (χ3v) is 12.0. The van der Waals surface area contributed by atoms with Gasteiger partial charge in [-0.15, -0.1) is 0 Å². The van der Waals surface area contributed by atoms with Crippen LogP contribution in [0.4, 0.5) is 0 Å². The Morgan fingerprint density at radius 3 is 2.31 bits per heavy atom. The molecule has 2 spiro atoms. The third kappa shape index (κ3) is 2.73. The molecule has 1 nitrogen and oxygen atoms in total. The van der Waals surface area contributed by atoms with Gasteiger partial charge in [0, 0.05) is 33.4 Å². The summed E-state index contributed by atoms with van der Waals surface area (Å²) in [6.45, 7) is 19.2. The summed E-state index contributed by atoms with van der Waals surface area (Å²) in [6, 6.07) is 0. The van der Waals surface area contributed by atoms with Crippen molar-refractivity contribution in [1.82, 2.24) is 5.32 Å². The number of allylic oxidation sites excluding steroid dienone is 8. The maximum Gasteiger partial charge on any atom is 0.0505 e. The lowest BCUT2D eigenvalue weighted by Crippen LogP contribution is -2.64. The van der Waals surface area contributed by atoms with Crippen molar-refractivity contribution >= 4 is 0 Å². The second-order valence-electron chi connectivity index (χ2n) is 13.1. The Balaban J connectivity index is 1.76. The highest BCUT2D eigenvalue weighted by molar-refractivity contribution is 5.68. The number of hydrogen-bond donors (Lipinski definition) is 1. The highest BCUT2D eigenvalue weighted by Crippen LogP contribution is 2.74. The standard InChI is InChI=1S/C35H47N/c1-7-16-26-29-30(35(22-14-15-23-35)24(4)34(29)20-12-13-21-34)27(9-3)33(6)32(5,19-8-2)28-18-11-10-17-25(28)31(26)36-33/h7-8,10-11,16,19,27-28,36H,1,4,9,12-15,17-18,20-23H2,2-3,5-6H3/b19-8?,26-16-. The fraction of sp³-hybridized carbons (Fsp3) is 0.600. The molecule has 2 heterocycles. The van der Waals surface area contributed by atoms with Gasteiger partial charge in [-0.05, 0) is 81.4 Å². The van der Waals surface area contributed by atoms with Crippen molar-refractivity contribution in [2.24, 2.45) is 28.1 Å². The Hall–Kier alpha value is -2.02. The topological polar surface area (TPSA) is 12.0 Å². The minimum absolute atomic E-state index is 0.0420. The van der Waals surface area contributed by atoms with Gasteiger partial charge in [0.05, 0.1) is 5.54 Å². The van der Waals surface area contributed by atoms with Crippen LogP contribution in [0.5, 0.6) is 0 Å². The Kier molecular flexibility index (Phi) is 5.57. The van der Waals surface area contributed by atoms with E-state index in [0.717, 1.165) is 12.8 Å². The van der Waals surface area contributed by atoms with Gasteiger partial charge in [0.15, 0.2) is 0 Å². The molecular formula is C35H47N. The number of fused-ring (bicyclic) bond motifs is 5. The first-order chi connectivity index (χ1) is 17.3. The van der Waals surface area contributed by atoms with Gasteiger partial charge in [-0.3, -0.25) is 0 Å². The molecule has 0 aromatic carbocycles. The predicted octanol–water partition coefficient (Wildman–Crippen LogP) is 9.29. The molecular weight excluding hydrogens is 434 g/mol. The fourth-order valence-electron chi connectivity index (χ4n) is 10.4. The van der Waals surface area contributed by atoms with Gasteiger partial charge >= 0.3 is 0 Å². The zero-order valence-corrected chi connectivity index (χ0v) is 23.3. The van der Waals surface area contributed by atoms with Gasteiger partial charge in [0.1, 0.15) is 0 Å². The molecule has 0 aromatic rings. The number of hydrogen-bond acceptors (Lipinski definition) is 1. The summed E-state index contributed by atoms with van der Waals surface area (Å²) in [5.41, 5.74) is 9.99. The van der Waals surface area contributed by atoms with Crippen molar-refractivity contribution < 1.29 is 0 Å². The van der Waals surface area contributed by atoms with Crippen LogP contribution in [0.3, 0.4) is 0 Å². The lowest BCUT2D eigenvalue weighted by Gasteiger charge is -2.59. The van der Waals surface area contributed by atoms with Gasteiger partial charge in [0.2, 0.25) is 0 Å². The first kappa shape index (κ1) is 24.3. The van der Waals surface area contributed by atoms with Crippen molar-refractivity contribution in [2.75, 3.05) is 0 Å². The van der Waals surface area contributed by atoms with Crippen molar-refractivity contribution in [1.29, 1.82) is 0 Å². The normalized spacial score (nSPS) is 39.3. The second-order valence-corrected chi connectivity index (χ2v) is 13.1. The lowest BCUT2D eigenvalue weighted by molar-refractivity contribution is 0.0553. The monoisotopic (exact) mass is 481 g/mol. The van der Waals surface area contributed by atoms with Gasteiger partial charge in [-0.25, -0.2) is 0 Å². The molecule has 1 N–H and O–H groups in total. The van der Waals surface area contributed by atoms with E-state index >= 15 is 0 Å². The molecule has 4 unspecified atom stereocenters. The van der Waals surface area contributed by atoms with Crippen LogP contribution >= 0.6 is 0 Å². The van der Waals surface area contributed by atoms with E-state index in [9.17, 15) is 0 Å². The number of nitrogens with one attached hydrogen (secondary N) is 1. The van der Waals surface area contributed by atoms with Crippen LogP contribution in [0, 0.1) is 28.1 Å². The first-order valence-corrected chi connectivity index (χ1v) is 14.9. The number of rotatable bonds is 3. The van der Waals surface area contributed by atoms with E-state index in [1.807, 2.05) is 0 Å². The van der Waals surface area contributed by atoms with Crippen LogP contribution < -0.4 is 5.32 Å². The smallest absolute Gasteiger partial charge is 0.0505 e. The Labute approximate surface area is 220 Å². The van der Waals surface area contributed by atoms with Crippen molar-refractivity contribution in [3.8, 4) is 0 Å². The predicted molar refractivity (Wildman–Crippen MR) is 153 cm³/mol. The minimum atomic E-state index is -0.0553. The molecule has 0 saturated heterocycles. The molecule has 2 saturated carbocycles. The molecule has 4 atom stereocenters. The van der Waals surface area contributed by atoms with Crippen molar-refractivity contribution in [2.45, 2.75) is 104 Å². The molecule has 1 heteroatoms. The summed E-state index contributed by atoms with van der Waals surface area (Å²) in [4.78, 5) is 0. The van der Waals surface area contributed by atoms with Crippen LogP contribution in [0.1, 0.15) is 98.3 Å². The quantitative estimate of drug-likeness (QED) is 0.396. The summed E-state index contributed by atoms with van der Waals surface area (Å²) in [6.07, 6.45) is 28.1. The van der Waals surface area contributed by atoms with Crippen LogP contribution in [-0.2, 0) is 0 Å². The maximum absolute atomic E-state index is 5.06. The fourth-order valence-corrected chi connectivity index (χ4v) is 10.4. The summed E-state index contributed by atoms with van der Waals surface area (Å²) in [5.74, 6) is 1.02. The van der Waals surface area contributed by atoms with Crippen LogP contribution in [0.25, 0.3) is 0 Å². The van der Waals surface area contributed by atoms with E-state index in [1.54, 1.807) is 22.3 Å². The molecule has 6 aliphatic rings. The van der Waals surface area contributed by atoms with Gasteiger partial charge in [-0.2, -0.15) is 0 Å². The average Bonchev–Trinajstić information content (AvgIpc) is 3.59. The van der Waals surface area contributed by atoms with Crippen LogP contribution in [0.15, 0.2) is 83.2 Å². The Morgan fingerprint density at radius 1 is 1.03 bits per heavy atom. The van der Waals surface area contributed by atoms with E-state index in [4.69, 9.17) is 6.58 Å². The van der Waals surface area contributed by atoms with Gasteiger partial charge in [0.25, 0.3) is 0 Å². The zero-order valence-electron chi connectivity index (χ0n) is 23.3. The van der Waals surface area contributed by atoms with E-state index in [-0.39, 0.29) is 21.8 Å². The molecule has 0 aromatic heterocycles. The molecule has 2 bridgehead atoms. The SMILES string of the molecule is C=C/C=C1\C2=C3CC=CCC3C(C)(C=CC)C(C)(N2)C(CC)C2=C1C1(CCCC1)C(=C)C21CCCC1. The molecule has 2 fully saturated rings. The average molecular weight is 482 g/mol. The summed E-state index contributed by atoms with van der Waals surface area (Å²) in [7, 11) is 0. The largest absolute Gasteiger partial charge is 0.378 e. The lowest BCUT2D eigenvalue weighted by atomic mass is 9.51. The van der Waals surface area contributed by atoms with Gasteiger partial charge < -0.3 is 5.32 Å². The molecule has 0 amide bonds. The molecule has 192 valence electrons. The van der Waals surface area contributed by atoms with Gasteiger partial charge in [-0.1, -0.05) is 94.7 Å². The van der Waals surface area contributed by atoms with Crippen LogP contribution in [0.2, 0.25) is 0 Å². The van der Waals surface area contributed by atoms with E-state index in [0.29, 0.717) is 11.8 Å². The minimum Gasteiger partial charge on any atom is -0.378 e. The van der Waals surface area contributed by atoms with E-state index < -0.39 is 0 Å². The highest BCUT2D eigenvalue weighted by Gasteiger charge is 2.66. The third-order valence-electron chi connectivity index (χ3n) is 12.0. The summed E-state index contributed by atoms with van der Waals surface area (Å²) in [5, 5.41) is 4.37.